The number of hydrogen-bond acceptors (Lipinski definition) is 0. The van der Waals surface area contributed by atoms with Gasteiger partial charge in [-0.2, -0.15) is 0 Å². The highest BCUT2D eigenvalue weighted by Crippen LogP contribution is 2.38. The van der Waals surface area contributed by atoms with Crippen molar-refractivity contribution in [2.24, 2.45) is 0 Å². The van der Waals surface area contributed by atoms with E-state index >= 15 is 0 Å². The van der Waals surface area contributed by atoms with Crippen molar-refractivity contribution in [1.82, 2.24) is 0 Å². The van der Waals surface area contributed by atoms with E-state index in [0.29, 0.717) is 0 Å². The monoisotopic (exact) mass is 327 g/mol. The quantitative estimate of drug-likeness (QED) is 0.329. The lowest BCUT2D eigenvalue weighted by atomic mass is 9.84. The Morgan fingerprint density at radius 1 is 0.480 bits per heavy atom. The molecule has 3 aromatic rings. The van der Waals surface area contributed by atoms with E-state index in [4.69, 9.17) is 0 Å². The van der Waals surface area contributed by atoms with Gasteiger partial charge in [0, 0.05) is 5.92 Å². The summed E-state index contributed by atoms with van der Waals surface area (Å²) >= 11 is 0. The second-order valence-corrected chi connectivity index (χ2v) is 7.99. The summed E-state index contributed by atoms with van der Waals surface area (Å²) in [4.78, 5) is 0. The molecule has 2 aliphatic carbocycles. The van der Waals surface area contributed by atoms with E-state index in [1.165, 1.54) is 91.3 Å². The first-order valence-electron chi connectivity index (χ1n) is 10.2. The van der Waals surface area contributed by atoms with Gasteiger partial charge in [0.15, 0.2) is 0 Å². The van der Waals surface area contributed by atoms with Crippen molar-refractivity contribution < 1.29 is 0 Å². The smallest absolute Gasteiger partial charge is 0.00562 e. The van der Waals surface area contributed by atoms with Crippen LogP contribution in [-0.2, 0) is 12.8 Å². The Morgan fingerprint density at radius 2 is 1.16 bits per heavy atom. The van der Waals surface area contributed by atoms with Crippen molar-refractivity contribution in [2.75, 3.05) is 0 Å². The van der Waals surface area contributed by atoms with E-state index in [9.17, 15) is 0 Å². The van der Waals surface area contributed by atoms with Crippen LogP contribution in [0, 0.1) is 5.92 Å². The van der Waals surface area contributed by atoms with Crippen LogP contribution in [0.1, 0.15) is 68.1 Å². The summed E-state index contributed by atoms with van der Waals surface area (Å²) in [6.07, 6.45) is 13.4. The van der Waals surface area contributed by atoms with Crippen LogP contribution < -0.4 is 0 Å². The van der Waals surface area contributed by atoms with Crippen LogP contribution in [0.4, 0.5) is 0 Å². The van der Waals surface area contributed by atoms with Gasteiger partial charge in [-0.25, -0.2) is 0 Å². The van der Waals surface area contributed by atoms with Crippen LogP contribution in [-0.4, -0.2) is 0 Å². The van der Waals surface area contributed by atoms with Crippen LogP contribution in [0.25, 0.3) is 21.5 Å². The van der Waals surface area contributed by atoms with Crippen LogP contribution in [0.2, 0.25) is 0 Å². The average molecular weight is 327 g/mol. The normalized spacial score (nSPS) is 19.0. The molecule has 0 aromatic heterocycles. The van der Waals surface area contributed by atoms with E-state index in [1.807, 2.05) is 0 Å². The average Bonchev–Trinajstić information content (AvgIpc) is 2.96. The SMILES string of the molecule is c1cc([C]2CCCCCC2)c2ccc3c4c(ccc3c2c1)CCCC4. The lowest BCUT2D eigenvalue weighted by Gasteiger charge is -2.20. The van der Waals surface area contributed by atoms with Crippen LogP contribution in [0.15, 0.2) is 42.5 Å². The van der Waals surface area contributed by atoms with Gasteiger partial charge in [-0.3, -0.25) is 0 Å². The number of benzene rings is 3. The van der Waals surface area contributed by atoms with Crippen molar-refractivity contribution >= 4 is 21.5 Å². The Hall–Kier alpha value is -1.82. The fourth-order valence-corrected chi connectivity index (χ4v) is 5.16. The van der Waals surface area contributed by atoms with Gasteiger partial charge >= 0.3 is 0 Å². The molecule has 2 aliphatic rings. The molecule has 5 rings (SSSR count). The molecule has 0 amide bonds. The lowest BCUT2D eigenvalue weighted by Crippen LogP contribution is -2.03. The predicted octanol–water partition coefficient (Wildman–Crippen LogP) is 7.15. The van der Waals surface area contributed by atoms with Crippen molar-refractivity contribution in [1.29, 1.82) is 0 Å². The molecule has 0 spiro atoms. The van der Waals surface area contributed by atoms with Gasteiger partial charge in [0.05, 0.1) is 0 Å². The van der Waals surface area contributed by atoms with Gasteiger partial charge in [0.25, 0.3) is 0 Å². The number of fused-ring (bicyclic) bond motifs is 5. The molecule has 3 aromatic carbocycles. The van der Waals surface area contributed by atoms with E-state index in [1.54, 1.807) is 17.0 Å². The van der Waals surface area contributed by atoms with E-state index in [0.717, 1.165) is 0 Å². The van der Waals surface area contributed by atoms with Gasteiger partial charge in [-0.1, -0.05) is 68.1 Å². The summed E-state index contributed by atoms with van der Waals surface area (Å²) in [5, 5.41) is 5.91. The molecule has 0 atom stereocenters. The van der Waals surface area contributed by atoms with Gasteiger partial charge in [0.2, 0.25) is 0 Å². The molecule has 0 unspecified atom stereocenters. The Labute approximate surface area is 151 Å². The summed E-state index contributed by atoms with van der Waals surface area (Å²) in [5.74, 6) is 1.69. The Balaban J connectivity index is 1.70. The molecule has 127 valence electrons. The molecule has 1 fully saturated rings. The molecule has 0 aliphatic heterocycles. The van der Waals surface area contributed by atoms with Crippen molar-refractivity contribution in [3.63, 3.8) is 0 Å². The van der Waals surface area contributed by atoms with E-state index < -0.39 is 0 Å². The molecule has 1 saturated carbocycles. The standard InChI is InChI=1S/C25H27/c1-2-4-9-18(8-3-1)21-12-7-13-22-23(21)16-17-24-20-11-6-5-10-19(20)14-15-25(22)24/h7,12-17H,1-6,8-11H2. The predicted molar refractivity (Wildman–Crippen MR) is 108 cm³/mol. The van der Waals surface area contributed by atoms with Crippen LogP contribution in [0.3, 0.4) is 0 Å². The third kappa shape index (κ3) is 2.67. The first-order chi connectivity index (χ1) is 12.4. The van der Waals surface area contributed by atoms with Crippen molar-refractivity contribution in [3.8, 4) is 0 Å². The number of rotatable bonds is 1. The van der Waals surface area contributed by atoms with Crippen molar-refractivity contribution in [2.45, 2.75) is 64.2 Å². The lowest BCUT2D eigenvalue weighted by molar-refractivity contribution is 0.690. The molecular formula is C25H27. The highest BCUT2D eigenvalue weighted by Gasteiger charge is 2.19. The second kappa shape index (κ2) is 6.48. The first-order valence-corrected chi connectivity index (χ1v) is 10.2. The summed E-state index contributed by atoms with van der Waals surface area (Å²) in [7, 11) is 0. The molecule has 0 heteroatoms. The Bertz CT molecular complexity index is 910. The van der Waals surface area contributed by atoms with Gasteiger partial charge in [0.1, 0.15) is 0 Å². The summed E-state index contributed by atoms with van der Waals surface area (Å²) < 4.78 is 0. The zero-order valence-electron chi connectivity index (χ0n) is 15.1. The molecular weight excluding hydrogens is 300 g/mol. The topological polar surface area (TPSA) is 0 Å². The molecule has 0 N–H and O–H groups in total. The zero-order valence-corrected chi connectivity index (χ0v) is 15.1. The van der Waals surface area contributed by atoms with Crippen LogP contribution >= 0.6 is 0 Å². The fourth-order valence-electron chi connectivity index (χ4n) is 5.16. The zero-order chi connectivity index (χ0) is 16.6. The second-order valence-electron chi connectivity index (χ2n) is 7.99. The largest absolute Gasteiger partial charge is 0.0613 e. The van der Waals surface area contributed by atoms with Gasteiger partial charge in [-0.15, -0.1) is 0 Å². The van der Waals surface area contributed by atoms with Gasteiger partial charge in [-0.05, 0) is 76.8 Å². The highest BCUT2D eigenvalue weighted by atomic mass is 14.2. The third-order valence-electron chi connectivity index (χ3n) is 6.48. The molecule has 0 heterocycles. The minimum absolute atomic E-state index is 1.26. The third-order valence-corrected chi connectivity index (χ3v) is 6.48. The van der Waals surface area contributed by atoms with E-state index in [-0.39, 0.29) is 0 Å². The Morgan fingerprint density at radius 3 is 2.04 bits per heavy atom. The molecule has 25 heavy (non-hydrogen) atoms. The van der Waals surface area contributed by atoms with Crippen molar-refractivity contribution in [3.05, 3.63) is 65.1 Å². The minimum atomic E-state index is 1.26. The fraction of sp³-hybridized carbons (Fsp3) is 0.400. The highest BCUT2D eigenvalue weighted by molar-refractivity contribution is 6.10. The number of aryl methyl sites for hydroxylation is 2. The van der Waals surface area contributed by atoms with E-state index in [2.05, 4.69) is 42.5 Å². The summed E-state index contributed by atoms with van der Waals surface area (Å²) in [6, 6.07) is 16.6. The molecule has 0 nitrogen and oxygen atoms in total. The molecule has 0 bridgehead atoms. The molecule has 1 radical (unpaired) electrons. The molecule has 0 saturated heterocycles. The maximum Gasteiger partial charge on any atom is 0.00562 e. The minimum Gasteiger partial charge on any atom is -0.0613 e. The first kappa shape index (κ1) is 15.4. The maximum atomic E-state index is 2.42. The number of hydrogen-bond donors (Lipinski definition) is 0. The summed E-state index contributed by atoms with van der Waals surface area (Å²) in [6.45, 7) is 0. The van der Waals surface area contributed by atoms with Gasteiger partial charge < -0.3 is 0 Å². The Kier molecular flexibility index (Phi) is 4.00. The van der Waals surface area contributed by atoms with Crippen LogP contribution in [0.5, 0.6) is 0 Å². The summed E-state index contributed by atoms with van der Waals surface area (Å²) in [5.41, 5.74) is 4.74. The maximum absolute atomic E-state index is 2.42.